The van der Waals surface area contributed by atoms with Crippen molar-refractivity contribution in [3.63, 3.8) is 0 Å². The first-order valence-corrected chi connectivity index (χ1v) is 7.66. The Hall–Kier alpha value is -1.36. The van der Waals surface area contributed by atoms with Gasteiger partial charge in [0.05, 0.1) is 6.20 Å². The molecule has 0 saturated carbocycles. The van der Waals surface area contributed by atoms with E-state index in [-0.39, 0.29) is 12.4 Å². The summed E-state index contributed by atoms with van der Waals surface area (Å²) in [5, 5.41) is 7.84. The molecule has 1 N–H and O–H groups in total. The second kappa shape index (κ2) is 7.27. The Morgan fingerprint density at radius 1 is 1.18 bits per heavy atom. The number of nitrogens with zero attached hydrogens (tertiary/aromatic N) is 3. The van der Waals surface area contributed by atoms with Crippen molar-refractivity contribution in [3.05, 3.63) is 42.2 Å². The van der Waals surface area contributed by atoms with E-state index in [0.717, 1.165) is 19.6 Å². The minimum atomic E-state index is 0. The third-order valence-corrected chi connectivity index (χ3v) is 4.00. The summed E-state index contributed by atoms with van der Waals surface area (Å²) in [4.78, 5) is 2.54. The van der Waals surface area contributed by atoms with Gasteiger partial charge in [0.1, 0.15) is 0 Å². The van der Waals surface area contributed by atoms with Crippen LogP contribution in [-0.4, -0.2) is 39.9 Å². The van der Waals surface area contributed by atoms with Crippen molar-refractivity contribution in [3.8, 4) is 11.1 Å². The summed E-state index contributed by atoms with van der Waals surface area (Å²) in [7, 11) is 1.96. The summed E-state index contributed by atoms with van der Waals surface area (Å²) in [6.45, 7) is 7.76. The molecule has 2 aromatic rings. The predicted molar refractivity (Wildman–Crippen MR) is 93.2 cm³/mol. The molecule has 0 spiro atoms. The number of hydrogen-bond donors (Lipinski definition) is 1. The highest BCUT2D eigenvalue weighted by Gasteiger charge is 2.20. The summed E-state index contributed by atoms with van der Waals surface area (Å²) in [6.07, 6.45) is 3.99. The number of hydrogen-bond acceptors (Lipinski definition) is 3. The van der Waals surface area contributed by atoms with Crippen LogP contribution in [0.1, 0.15) is 19.4 Å². The molecule has 0 bridgehead atoms. The molecule has 2 heterocycles. The van der Waals surface area contributed by atoms with Crippen LogP contribution in [0.5, 0.6) is 0 Å². The Kier molecular flexibility index (Phi) is 5.62. The van der Waals surface area contributed by atoms with Crippen molar-refractivity contribution >= 4 is 12.4 Å². The molecule has 5 heteroatoms. The maximum atomic E-state index is 4.26. The highest BCUT2D eigenvalue weighted by molar-refractivity contribution is 5.85. The molecule has 1 aliphatic rings. The van der Waals surface area contributed by atoms with Gasteiger partial charge in [-0.15, -0.1) is 12.4 Å². The van der Waals surface area contributed by atoms with Crippen molar-refractivity contribution in [2.45, 2.75) is 32.5 Å². The number of aromatic nitrogens is 2. The van der Waals surface area contributed by atoms with Crippen LogP contribution in [-0.2, 0) is 13.6 Å². The van der Waals surface area contributed by atoms with Crippen molar-refractivity contribution in [1.82, 2.24) is 20.0 Å². The van der Waals surface area contributed by atoms with Gasteiger partial charge in [-0.05, 0) is 31.0 Å². The van der Waals surface area contributed by atoms with Crippen LogP contribution in [0, 0.1) is 0 Å². The second-order valence-corrected chi connectivity index (χ2v) is 6.27. The topological polar surface area (TPSA) is 33.1 Å². The summed E-state index contributed by atoms with van der Waals surface area (Å²) < 4.78 is 1.85. The maximum Gasteiger partial charge on any atom is 0.0568 e. The van der Waals surface area contributed by atoms with E-state index < -0.39 is 0 Å². The Morgan fingerprint density at radius 3 is 2.55 bits per heavy atom. The molecule has 0 amide bonds. The molecule has 1 saturated heterocycles. The first-order chi connectivity index (χ1) is 10.1. The van der Waals surface area contributed by atoms with Crippen LogP contribution in [0.3, 0.4) is 0 Å². The standard InChI is InChI=1S/C17H24N4.ClH/c1-13-9-21(10-14(2)19-13)11-15-5-4-6-16(7-15)17-8-18-20(3)12-17;/h4-8,12-14,19H,9-11H2,1-3H3;1H. The van der Waals surface area contributed by atoms with Crippen LogP contribution in [0.25, 0.3) is 11.1 Å². The van der Waals surface area contributed by atoms with Gasteiger partial charge >= 0.3 is 0 Å². The number of benzene rings is 1. The smallest absolute Gasteiger partial charge is 0.0568 e. The van der Waals surface area contributed by atoms with Crippen LogP contribution in [0.4, 0.5) is 0 Å². The maximum absolute atomic E-state index is 4.26. The lowest BCUT2D eigenvalue weighted by Crippen LogP contribution is -2.53. The number of rotatable bonds is 3. The minimum absolute atomic E-state index is 0. The van der Waals surface area contributed by atoms with Crippen molar-refractivity contribution < 1.29 is 0 Å². The van der Waals surface area contributed by atoms with Gasteiger partial charge in [-0.1, -0.05) is 18.2 Å². The van der Waals surface area contributed by atoms with Gasteiger partial charge in [0, 0.05) is 50.5 Å². The van der Waals surface area contributed by atoms with E-state index in [0.29, 0.717) is 12.1 Å². The highest BCUT2D eigenvalue weighted by Crippen LogP contribution is 2.20. The van der Waals surface area contributed by atoms with Crippen molar-refractivity contribution in [1.29, 1.82) is 0 Å². The van der Waals surface area contributed by atoms with Crippen LogP contribution < -0.4 is 5.32 Å². The molecular weight excluding hydrogens is 296 g/mol. The van der Waals surface area contributed by atoms with E-state index in [1.807, 2.05) is 17.9 Å². The Morgan fingerprint density at radius 2 is 1.91 bits per heavy atom. The van der Waals surface area contributed by atoms with E-state index in [1.165, 1.54) is 16.7 Å². The fraction of sp³-hybridized carbons (Fsp3) is 0.471. The van der Waals surface area contributed by atoms with Crippen LogP contribution in [0.2, 0.25) is 0 Å². The van der Waals surface area contributed by atoms with Gasteiger partial charge in [0.15, 0.2) is 0 Å². The largest absolute Gasteiger partial charge is 0.309 e. The first-order valence-electron chi connectivity index (χ1n) is 7.66. The Bertz CT molecular complexity index is 600. The quantitative estimate of drug-likeness (QED) is 0.944. The summed E-state index contributed by atoms with van der Waals surface area (Å²) >= 11 is 0. The number of aryl methyl sites for hydroxylation is 1. The van der Waals surface area contributed by atoms with E-state index in [4.69, 9.17) is 0 Å². The van der Waals surface area contributed by atoms with E-state index in [1.54, 1.807) is 0 Å². The molecule has 4 nitrogen and oxygen atoms in total. The van der Waals surface area contributed by atoms with Crippen molar-refractivity contribution in [2.75, 3.05) is 13.1 Å². The zero-order valence-electron chi connectivity index (χ0n) is 13.5. The van der Waals surface area contributed by atoms with E-state index >= 15 is 0 Å². The lowest BCUT2D eigenvalue weighted by molar-refractivity contribution is 0.166. The fourth-order valence-corrected chi connectivity index (χ4v) is 3.25. The number of piperazine rings is 1. The molecule has 2 unspecified atom stereocenters. The molecule has 1 aromatic carbocycles. The molecule has 22 heavy (non-hydrogen) atoms. The van der Waals surface area contributed by atoms with Crippen LogP contribution >= 0.6 is 12.4 Å². The molecule has 1 fully saturated rings. The van der Waals surface area contributed by atoms with Gasteiger partial charge in [0.2, 0.25) is 0 Å². The molecular formula is C17H25ClN4. The normalized spacial score (nSPS) is 22.3. The Labute approximate surface area is 138 Å². The zero-order chi connectivity index (χ0) is 14.8. The van der Waals surface area contributed by atoms with E-state index in [2.05, 4.69) is 59.6 Å². The van der Waals surface area contributed by atoms with Gasteiger partial charge in [-0.3, -0.25) is 9.58 Å². The van der Waals surface area contributed by atoms with Gasteiger partial charge < -0.3 is 5.32 Å². The number of halogens is 1. The second-order valence-electron chi connectivity index (χ2n) is 6.27. The van der Waals surface area contributed by atoms with Crippen molar-refractivity contribution in [2.24, 2.45) is 7.05 Å². The molecule has 0 aliphatic carbocycles. The Balaban J connectivity index is 0.00000176. The average molecular weight is 321 g/mol. The SMILES string of the molecule is CC1CN(Cc2cccc(-c3cnn(C)c3)c2)CC(C)N1.Cl. The highest BCUT2D eigenvalue weighted by atomic mass is 35.5. The monoisotopic (exact) mass is 320 g/mol. The molecule has 3 rings (SSSR count). The summed E-state index contributed by atoms with van der Waals surface area (Å²) in [5.41, 5.74) is 3.80. The molecule has 1 aromatic heterocycles. The number of nitrogens with one attached hydrogen (secondary N) is 1. The summed E-state index contributed by atoms with van der Waals surface area (Å²) in [6, 6.07) is 9.94. The molecule has 0 radical (unpaired) electrons. The lowest BCUT2D eigenvalue weighted by atomic mass is 10.0. The zero-order valence-corrected chi connectivity index (χ0v) is 14.3. The summed E-state index contributed by atoms with van der Waals surface area (Å²) in [5.74, 6) is 0. The minimum Gasteiger partial charge on any atom is -0.309 e. The van der Waals surface area contributed by atoms with E-state index in [9.17, 15) is 0 Å². The third kappa shape index (κ3) is 4.09. The molecule has 2 atom stereocenters. The average Bonchev–Trinajstić information content (AvgIpc) is 2.84. The van der Waals surface area contributed by atoms with Gasteiger partial charge in [-0.25, -0.2) is 0 Å². The molecule has 1 aliphatic heterocycles. The third-order valence-electron chi connectivity index (χ3n) is 4.00. The van der Waals surface area contributed by atoms with Gasteiger partial charge in [0.25, 0.3) is 0 Å². The lowest BCUT2D eigenvalue weighted by Gasteiger charge is -2.36. The molecule has 120 valence electrons. The van der Waals surface area contributed by atoms with Gasteiger partial charge in [-0.2, -0.15) is 5.10 Å². The first kappa shape index (κ1) is 17.0. The fourth-order valence-electron chi connectivity index (χ4n) is 3.25. The predicted octanol–water partition coefficient (Wildman–Crippen LogP) is 2.69. The van der Waals surface area contributed by atoms with Crippen LogP contribution in [0.15, 0.2) is 36.7 Å².